The fourth-order valence-corrected chi connectivity index (χ4v) is 3.98. The third kappa shape index (κ3) is 5.20. The number of nitrogen functional groups attached to an aromatic ring is 4. The Morgan fingerprint density at radius 1 is 0.818 bits per heavy atom. The molecule has 0 saturated carbocycles. The highest BCUT2D eigenvalue weighted by Crippen LogP contribution is 2.48. The maximum atomic E-state index is 11.9. The zero-order valence-electron chi connectivity index (χ0n) is 20.3. The van der Waals surface area contributed by atoms with Gasteiger partial charge in [-0.3, -0.25) is 0 Å². The molecule has 1 aliphatic rings. The lowest BCUT2D eigenvalue weighted by molar-refractivity contribution is -0.152. The number of rotatable bonds is 4. The minimum absolute atomic E-state index is 0.350. The molecule has 0 aromatic heterocycles. The summed E-state index contributed by atoms with van der Waals surface area (Å²) in [5, 5.41) is 11.9. The molecule has 2 unspecified atom stereocenters. The Labute approximate surface area is 196 Å². The van der Waals surface area contributed by atoms with Gasteiger partial charge in [-0.2, -0.15) is 0 Å². The molecule has 0 fully saturated rings. The predicted molar refractivity (Wildman–Crippen MR) is 135 cm³/mol. The molecule has 9 N–H and O–H groups in total. The van der Waals surface area contributed by atoms with Gasteiger partial charge in [-0.05, 0) is 59.4 Å². The number of aliphatic hydroxyl groups is 1. The van der Waals surface area contributed by atoms with Crippen molar-refractivity contribution in [3.05, 3.63) is 59.9 Å². The minimum Gasteiger partial charge on any atom is -0.456 e. The topological polar surface area (TPSA) is 143 Å². The van der Waals surface area contributed by atoms with Gasteiger partial charge in [-0.15, -0.1) is 0 Å². The van der Waals surface area contributed by atoms with E-state index in [1.54, 1.807) is 42.5 Å². The van der Waals surface area contributed by atoms with E-state index in [4.69, 9.17) is 32.4 Å². The summed E-state index contributed by atoms with van der Waals surface area (Å²) < 4.78 is 12.5. The van der Waals surface area contributed by atoms with E-state index in [1.807, 2.05) is 47.6 Å². The summed E-state index contributed by atoms with van der Waals surface area (Å²) in [6.07, 6.45) is 3.63. The van der Waals surface area contributed by atoms with Crippen molar-refractivity contribution in [2.24, 2.45) is 16.7 Å². The molecule has 0 heterocycles. The second-order valence-corrected chi connectivity index (χ2v) is 10.7. The predicted octanol–water partition coefficient (Wildman–Crippen LogP) is 4.69. The highest BCUT2D eigenvalue weighted by molar-refractivity contribution is 5.62. The molecular formula is C26H36N4O3. The average Bonchev–Trinajstić information content (AvgIpc) is 2.65. The summed E-state index contributed by atoms with van der Waals surface area (Å²) in [6.45, 7) is 12.2. The van der Waals surface area contributed by atoms with Gasteiger partial charge >= 0.3 is 0 Å². The van der Waals surface area contributed by atoms with Crippen molar-refractivity contribution in [1.82, 2.24) is 0 Å². The zero-order chi connectivity index (χ0) is 24.8. The molecule has 2 aromatic rings. The van der Waals surface area contributed by atoms with Crippen LogP contribution in [0.3, 0.4) is 0 Å². The average molecular weight is 453 g/mol. The number of anilines is 4. The first-order chi connectivity index (χ1) is 15.1. The molecule has 2 atom stereocenters. The van der Waals surface area contributed by atoms with Crippen LogP contribution >= 0.6 is 0 Å². The second-order valence-electron chi connectivity index (χ2n) is 10.7. The lowest BCUT2D eigenvalue weighted by Gasteiger charge is -2.44. The first kappa shape index (κ1) is 24.3. The third-order valence-corrected chi connectivity index (χ3v) is 5.68. The van der Waals surface area contributed by atoms with Crippen molar-refractivity contribution < 1.29 is 14.6 Å². The number of allylic oxidation sites excluding steroid dienone is 1. The quantitative estimate of drug-likeness (QED) is 0.334. The minimum atomic E-state index is -1.68. The normalized spacial score (nSPS) is 21.2. The number of benzene rings is 2. The van der Waals surface area contributed by atoms with E-state index < -0.39 is 17.1 Å². The van der Waals surface area contributed by atoms with E-state index in [2.05, 4.69) is 0 Å². The van der Waals surface area contributed by atoms with Crippen LogP contribution in [-0.4, -0.2) is 10.9 Å². The second kappa shape index (κ2) is 8.23. The molecule has 0 saturated heterocycles. The van der Waals surface area contributed by atoms with Gasteiger partial charge in [0.25, 0.3) is 0 Å². The Kier molecular flexibility index (Phi) is 6.06. The van der Waals surface area contributed by atoms with Crippen molar-refractivity contribution in [1.29, 1.82) is 0 Å². The van der Waals surface area contributed by atoms with Crippen LogP contribution in [0.5, 0.6) is 11.5 Å². The lowest BCUT2D eigenvalue weighted by Crippen LogP contribution is -2.50. The summed E-state index contributed by atoms with van der Waals surface area (Å²) in [4.78, 5) is 0. The Morgan fingerprint density at radius 3 is 1.79 bits per heavy atom. The van der Waals surface area contributed by atoms with Crippen LogP contribution in [0.15, 0.2) is 59.9 Å². The van der Waals surface area contributed by atoms with Gasteiger partial charge in [-0.25, -0.2) is 0 Å². The van der Waals surface area contributed by atoms with E-state index >= 15 is 0 Å². The lowest BCUT2D eigenvalue weighted by atomic mass is 9.69. The van der Waals surface area contributed by atoms with Crippen molar-refractivity contribution in [2.45, 2.75) is 47.3 Å². The standard InChI is InChI=1S/C26H36N4O3/c1-24(2,3)17-14-26(31,33-21-10-8-16(28)12-19(21)30)23(25(4,5)6)13-22(17)32-20-9-7-15(27)11-18(20)29/h7-14,23,31H,27-30H2,1-6H3. The summed E-state index contributed by atoms with van der Waals surface area (Å²) in [5.41, 5.74) is 25.8. The highest BCUT2D eigenvalue weighted by Gasteiger charge is 2.48. The maximum Gasteiger partial charge on any atom is 0.235 e. The number of ether oxygens (including phenoxy) is 2. The molecule has 3 rings (SSSR count). The molecule has 7 nitrogen and oxygen atoms in total. The van der Waals surface area contributed by atoms with Crippen LogP contribution in [-0.2, 0) is 0 Å². The van der Waals surface area contributed by atoms with Gasteiger partial charge in [-0.1, -0.05) is 41.5 Å². The van der Waals surface area contributed by atoms with E-state index in [-0.39, 0.29) is 5.41 Å². The molecule has 0 aliphatic heterocycles. The van der Waals surface area contributed by atoms with Crippen molar-refractivity contribution >= 4 is 22.7 Å². The highest BCUT2D eigenvalue weighted by atomic mass is 16.6. The summed E-state index contributed by atoms with van der Waals surface area (Å²) >= 11 is 0. The van der Waals surface area contributed by atoms with Crippen LogP contribution in [0, 0.1) is 16.7 Å². The van der Waals surface area contributed by atoms with Crippen LogP contribution in [0.25, 0.3) is 0 Å². The molecule has 0 radical (unpaired) electrons. The third-order valence-electron chi connectivity index (χ3n) is 5.68. The van der Waals surface area contributed by atoms with Gasteiger partial charge in [0.15, 0.2) is 0 Å². The fraction of sp³-hybridized carbons (Fsp3) is 0.385. The molecule has 178 valence electrons. The molecule has 2 aromatic carbocycles. The number of hydrogen-bond acceptors (Lipinski definition) is 7. The first-order valence-corrected chi connectivity index (χ1v) is 10.9. The van der Waals surface area contributed by atoms with E-state index in [1.165, 1.54) is 0 Å². The van der Waals surface area contributed by atoms with Gasteiger partial charge in [0, 0.05) is 16.9 Å². The number of hydrogen-bond donors (Lipinski definition) is 5. The molecule has 33 heavy (non-hydrogen) atoms. The van der Waals surface area contributed by atoms with Gasteiger partial charge in [0.2, 0.25) is 5.79 Å². The summed E-state index contributed by atoms with van der Waals surface area (Å²) in [7, 11) is 0. The van der Waals surface area contributed by atoms with E-state index in [9.17, 15) is 5.11 Å². The molecule has 0 amide bonds. The summed E-state index contributed by atoms with van der Waals surface area (Å²) in [6, 6.07) is 10.1. The van der Waals surface area contributed by atoms with E-state index in [0.717, 1.165) is 5.57 Å². The molecule has 0 bridgehead atoms. The SMILES string of the molecule is CC(C)(C)C1=CC(O)(Oc2ccc(N)cc2N)C(C(C)(C)C)C=C1Oc1ccc(N)cc1N. The smallest absolute Gasteiger partial charge is 0.235 e. The number of nitrogens with two attached hydrogens (primary N) is 4. The van der Waals surface area contributed by atoms with Crippen molar-refractivity contribution in [2.75, 3.05) is 22.9 Å². The first-order valence-electron chi connectivity index (χ1n) is 10.9. The Bertz CT molecular complexity index is 1110. The van der Waals surface area contributed by atoms with E-state index in [0.29, 0.717) is 40.0 Å². The van der Waals surface area contributed by atoms with Crippen molar-refractivity contribution in [3.8, 4) is 11.5 Å². The van der Waals surface area contributed by atoms with Crippen LogP contribution in [0.2, 0.25) is 0 Å². The van der Waals surface area contributed by atoms with Crippen LogP contribution in [0.1, 0.15) is 41.5 Å². The van der Waals surface area contributed by atoms with Crippen LogP contribution in [0.4, 0.5) is 22.7 Å². The Balaban J connectivity index is 2.12. The van der Waals surface area contributed by atoms with Gasteiger partial charge in [0.1, 0.15) is 17.3 Å². The molecule has 1 aliphatic carbocycles. The fourth-order valence-electron chi connectivity index (χ4n) is 3.98. The Morgan fingerprint density at radius 2 is 1.33 bits per heavy atom. The Hall–Kier alpha value is -3.32. The summed E-state index contributed by atoms with van der Waals surface area (Å²) in [5.74, 6) is -0.695. The van der Waals surface area contributed by atoms with Gasteiger partial charge < -0.3 is 37.5 Å². The molecular weight excluding hydrogens is 416 g/mol. The largest absolute Gasteiger partial charge is 0.456 e. The van der Waals surface area contributed by atoms with Crippen LogP contribution < -0.4 is 32.4 Å². The van der Waals surface area contributed by atoms with Gasteiger partial charge in [0.05, 0.1) is 17.3 Å². The monoisotopic (exact) mass is 452 g/mol. The van der Waals surface area contributed by atoms with Crippen molar-refractivity contribution in [3.63, 3.8) is 0 Å². The zero-order valence-corrected chi connectivity index (χ0v) is 20.3. The molecule has 7 heteroatoms. The molecule has 0 spiro atoms. The maximum absolute atomic E-state index is 11.9.